The Balaban J connectivity index is 1.78. The van der Waals surface area contributed by atoms with E-state index in [0.29, 0.717) is 24.9 Å². The lowest BCUT2D eigenvalue weighted by molar-refractivity contribution is -0.128. The summed E-state index contributed by atoms with van der Waals surface area (Å²) in [6.45, 7) is 6.58. The van der Waals surface area contributed by atoms with Gasteiger partial charge in [0.2, 0.25) is 0 Å². The lowest BCUT2D eigenvalue weighted by Crippen LogP contribution is -2.48. The summed E-state index contributed by atoms with van der Waals surface area (Å²) < 4.78 is 5.69. The maximum atomic E-state index is 11.6. The molecule has 0 aromatic heterocycles. The highest BCUT2D eigenvalue weighted by Gasteiger charge is 2.30. The number of hydrogen-bond acceptors (Lipinski definition) is 3. The predicted molar refractivity (Wildman–Crippen MR) is 71.8 cm³/mol. The van der Waals surface area contributed by atoms with Crippen molar-refractivity contribution in [1.29, 1.82) is 0 Å². The number of benzene rings is 1. The van der Waals surface area contributed by atoms with Crippen molar-refractivity contribution in [2.75, 3.05) is 19.7 Å². The van der Waals surface area contributed by atoms with Gasteiger partial charge in [-0.15, -0.1) is 0 Å². The van der Waals surface area contributed by atoms with Crippen LogP contribution in [0.3, 0.4) is 0 Å². The Morgan fingerprint density at radius 2 is 2.00 bits per heavy atom. The Labute approximate surface area is 109 Å². The van der Waals surface area contributed by atoms with Gasteiger partial charge in [-0.25, -0.2) is 0 Å². The van der Waals surface area contributed by atoms with Crippen molar-refractivity contribution in [2.24, 2.45) is 5.92 Å². The van der Waals surface area contributed by atoms with Crippen LogP contribution in [-0.4, -0.2) is 36.4 Å². The van der Waals surface area contributed by atoms with E-state index in [0.717, 1.165) is 18.8 Å². The van der Waals surface area contributed by atoms with Gasteiger partial charge in [0.1, 0.15) is 18.1 Å². The highest BCUT2D eigenvalue weighted by molar-refractivity contribution is 5.82. The van der Waals surface area contributed by atoms with E-state index >= 15 is 0 Å². The molecule has 0 amide bonds. The van der Waals surface area contributed by atoms with Gasteiger partial charge in [0.15, 0.2) is 0 Å². The number of carbonyl (C=O) groups excluding carboxylic acids is 1. The summed E-state index contributed by atoms with van der Waals surface area (Å²) in [5, 5.41) is 0. The van der Waals surface area contributed by atoms with Crippen LogP contribution in [0, 0.1) is 5.92 Å². The summed E-state index contributed by atoms with van der Waals surface area (Å²) in [6.07, 6.45) is 0.677. The highest BCUT2D eigenvalue weighted by Crippen LogP contribution is 2.19. The number of Topliss-reactive ketones (excluding diaryl/α,β-unsaturated/α-hetero) is 1. The number of para-hydroxylation sites is 1. The Hall–Kier alpha value is -1.35. The zero-order chi connectivity index (χ0) is 13.0. The third-order valence-corrected chi connectivity index (χ3v) is 3.84. The fraction of sp³-hybridized carbons (Fsp3) is 0.533. The van der Waals surface area contributed by atoms with E-state index < -0.39 is 0 Å². The number of hydrogen-bond donors (Lipinski definition) is 0. The van der Waals surface area contributed by atoms with E-state index in [-0.39, 0.29) is 5.92 Å². The molecule has 0 spiro atoms. The molecule has 1 aromatic carbocycles. The van der Waals surface area contributed by atoms with E-state index in [1.807, 2.05) is 37.3 Å². The van der Waals surface area contributed by atoms with Crippen LogP contribution < -0.4 is 4.74 Å². The van der Waals surface area contributed by atoms with Crippen molar-refractivity contribution in [3.63, 3.8) is 0 Å². The van der Waals surface area contributed by atoms with E-state index in [9.17, 15) is 4.79 Å². The number of carbonyl (C=O) groups is 1. The molecule has 1 saturated heterocycles. The largest absolute Gasteiger partial charge is 0.492 e. The van der Waals surface area contributed by atoms with Gasteiger partial charge in [-0.05, 0) is 19.1 Å². The van der Waals surface area contributed by atoms with Gasteiger partial charge in [0, 0.05) is 31.5 Å². The normalized spacial score (nSPS) is 25.1. The molecule has 1 fully saturated rings. The second-order valence-corrected chi connectivity index (χ2v) is 4.94. The molecule has 3 nitrogen and oxygen atoms in total. The Morgan fingerprint density at radius 3 is 2.72 bits per heavy atom. The minimum absolute atomic E-state index is 0.149. The van der Waals surface area contributed by atoms with Gasteiger partial charge in [-0.2, -0.15) is 0 Å². The molecule has 2 rings (SSSR count). The van der Waals surface area contributed by atoms with Crippen LogP contribution in [0.1, 0.15) is 20.3 Å². The monoisotopic (exact) mass is 247 g/mol. The molecule has 1 aliphatic heterocycles. The van der Waals surface area contributed by atoms with Crippen LogP contribution in [0.25, 0.3) is 0 Å². The maximum absolute atomic E-state index is 11.6. The van der Waals surface area contributed by atoms with Gasteiger partial charge >= 0.3 is 0 Å². The number of likely N-dealkylation sites (tertiary alicyclic amines) is 1. The Morgan fingerprint density at radius 1 is 1.28 bits per heavy atom. The van der Waals surface area contributed by atoms with Crippen LogP contribution in [0.5, 0.6) is 5.75 Å². The topological polar surface area (TPSA) is 29.5 Å². The molecule has 1 aliphatic rings. The number of nitrogens with zero attached hydrogens (tertiary/aromatic N) is 1. The van der Waals surface area contributed by atoms with Crippen molar-refractivity contribution in [2.45, 2.75) is 26.3 Å². The van der Waals surface area contributed by atoms with Crippen molar-refractivity contribution in [1.82, 2.24) is 4.90 Å². The van der Waals surface area contributed by atoms with Crippen LogP contribution in [0.4, 0.5) is 0 Å². The Bertz CT molecular complexity index is 391. The van der Waals surface area contributed by atoms with E-state index in [1.54, 1.807) is 0 Å². The van der Waals surface area contributed by atoms with Gasteiger partial charge < -0.3 is 4.74 Å². The first kappa shape index (κ1) is 13.1. The molecule has 98 valence electrons. The quantitative estimate of drug-likeness (QED) is 0.818. The first-order chi connectivity index (χ1) is 8.68. The zero-order valence-electron chi connectivity index (χ0n) is 11.1. The third-order valence-electron chi connectivity index (χ3n) is 3.84. The average molecular weight is 247 g/mol. The second-order valence-electron chi connectivity index (χ2n) is 4.94. The average Bonchev–Trinajstić information content (AvgIpc) is 2.40. The molecular weight excluding hydrogens is 226 g/mol. The fourth-order valence-corrected chi connectivity index (χ4v) is 2.38. The van der Waals surface area contributed by atoms with Gasteiger partial charge in [0.25, 0.3) is 0 Å². The van der Waals surface area contributed by atoms with Crippen LogP contribution in [-0.2, 0) is 4.79 Å². The summed E-state index contributed by atoms with van der Waals surface area (Å²) in [5.74, 6) is 1.45. The first-order valence-corrected chi connectivity index (χ1v) is 6.63. The molecule has 0 bridgehead atoms. The summed E-state index contributed by atoms with van der Waals surface area (Å²) in [5.41, 5.74) is 0. The van der Waals surface area contributed by atoms with Crippen molar-refractivity contribution < 1.29 is 9.53 Å². The van der Waals surface area contributed by atoms with E-state index in [1.165, 1.54) is 0 Å². The first-order valence-electron chi connectivity index (χ1n) is 6.63. The molecule has 0 N–H and O–H groups in total. The standard InChI is InChI=1S/C15H21NO2/c1-12-13(2)16(9-8-15(12)17)10-11-18-14-6-4-3-5-7-14/h3-7,12-13H,8-11H2,1-2H3. The molecule has 0 aliphatic carbocycles. The molecule has 2 atom stereocenters. The molecule has 0 radical (unpaired) electrons. The minimum Gasteiger partial charge on any atom is -0.492 e. The number of ketones is 1. The lowest BCUT2D eigenvalue weighted by Gasteiger charge is -2.36. The van der Waals surface area contributed by atoms with Crippen molar-refractivity contribution >= 4 is 5.78 Å². The molecule has 18 heavy (non-hydrogen) atoms. The van der Waals surface area contributed by atoms with Crippen LogP contribution in [0.15, 0.2) is 30.3 Å². The fourth-order valence-electron chi connectivity index (χ4n) is 2.38. The highest BCUT2D eigenvalue weighted by atomic mass is 16.5. The summed E-state index contributed by atoms with van der Waals surface area (Å²) in [6, 6.07) is 10.2. The molecule has 3 heteroatoms. The number of piperidine rings is 1. The van der Waals surface area contributed by atoms with E-state index in [4.69, 9.17) is 4.74 Å². The van der Waals surface area contributed by atoms with E-state index in [2.05, 4.69) is 11.8 Å². The zero-order valence-corrected chi connectivity index (χ0v) is 11.1. The minimum atomic E-state index is 0.149. The molecular formula is C15H21NO2. The summed E-state index contributed by atoms with van der Waals surface area (Å²) >= 11 is 0. The molecule has 0 saturated carbocycles. The maximum Gasteiger partial charge on any atom is 0.138 e. The second kappa shape index (κ2) is 6.01. The molecule has 1 heterocycles. The van der Waals surface area contributed by atoms with Crippen molar-refractivity contribution in [3.8, 4) is 5.75 Å². The Kier molecular flexibility index (Phi) is 4.37. The van der Waals surface area contributed by atoms with Crippen LogP contribution in [0.2, 0.25) is 0 Å². The summed E-state index contributed by atoms with van der Waals surface area (Å²) in [7, 11) is 0. The number of ether oxygens (including phenoxy) is 1. The molecule has 2 unspecified atom stereocenters. The lowest BCUT2D eigenvalue weighted by atomic mass is 9.91. The third kappa shape index (κ3) is 3.10. The van der Waals surface area contributed by atoms with Gasteiger partial charge in [0.05, 0.1) is 0 Å². The van der Waals surface area contributed by atoms with Crippen LogP contribution >= 0.6 is 0 Å². The van der Waals surface area contributed by atoms with Crippen molar-refractivity contribution in [3.05, 3.63) is 30.3 Å². The summed E-state index contributed by atoms with van der Waals surface area (Å²) in [4.78, 5) is 13.9. The smallest absolute Gasteiger partial charge is 0.138 e. The van der Waals surface area contributed by atoms with Gasteiger partial charge in [-0.1, -0.05) is 25.1 Å². The number of rotatable bonds is 4. The molecule has 1 aromatic rings. The SMILES string of the molecule is CC1C(=O)CCN(CCOc2ccccc2)C1C. The van der Waals surface area contributed by atoms with Gasteiger partial charge in [-0.3, -0.25) is 9.69 Å². The predicted octanol–water partition coefficient (Wildman–Crippen LogP) is 2.36.